The molecular weight excluding hydrogens is 322 g/mol. The summed E-state index contributed by atoms with van der Waals surface area (Å²) in [5.41, 5.74) is 2.95. The van der Waals surface area contributed by atoms with Crippen LogP contribution in [0.5, 0.6) is 0 Å². The van der Waals surface area contributed by atoms with Crippen molar-refractivity contribution in [3.63, 3.8) is 0 Å². The molecule has 0 spiro atoms. The van der Waals surface area contributed by atoms with Gasteiger partial charge in [0.15, 0.2) is 0 Å². The van der Waals surface area contributed by atoms with Crippen molar-refractivity contribution in [3.8, 4) is 5.69 Å². The van der Waals surface area contributed by atoms with Gasteiger partial charge >= 0.3 is 0 Å². The highest BCUT2D eigenvalue weighted by Gasteiger charge is 2.06. The maximum absolute atomic E-state index is 12.7. The summed E-state index contributed by atoms with van der Waals surface area (Å²) in [6, 6.07) is 5.88. The number of nitrogens with zero attached hydrogens (tertiary/aromatic N) is 3. The molecule has 3 rings (SSSR count). The van der Waals surface area contributed by atoms with Gasteiger partial charge in [0.2, 0.25) is 5.13 Å². The second-order valence-electron chi connectivity index (χ2n) is 5.56. The molecule has 0 saturated heterocycles. The zero-order chi connectivity index (χ0) is 17.3. The van der Waals surface area contributed by atoms with E-state index >= 15 is 0 Å². The van der Waals surface area contributed by atoms with Crippen LogP contribution in [0.4, 0.5) is 5.13 Å². The molecular formula is C17H19N5OS. The van der Waals surface area contributed by atoms with Crippen LogP contribution in [0.3, 0.4) is 0 Å². The average molecular weight is 341 g/mol. The minimum absolute atomic E-state index is 0.156. The van der Waals surface area contributed by atoms with Gasteiger partial charge in [-0.25, -0.2) is 4.68 Å². The quantitative estimate of drug-likeness (QED) is 0.753. The fraction of sp³-hybridized carbons (Fsp3) is 0.235. The van der Waals surface area contributed by atoms with Crippen LogP contribution in [0, 0.1) is 13.8 Å². The van der Waals surface area contributed by atoms with E-state index in [-0.39, 0.29) is 5.56 Å². The highest BCUT2D eigenvalue weighted by Crippen LogP contribution is 2.15. The highest BCUT2D eigenvalue weighted by atomic mass is 32.1. The number of aromatic nitrogens is 4. The van der Waals surface area contributed by atoms with E-state index in [1.54, 1.807) is 6.20 Å². The Morgan fingerprint density at radius 3 is 2.79 bits per heavy atom. The molecule has 0 unspecified atom stereocenters. The van der Waals surface area contributed by atoms with Crippen molar-refractivity contribution in [2.24, 2.45) is 0 Å². The van der Waals surface area contributed by atoms with Crippen molar-refractivity contribution in [1.29, 1.82) is 0 Å². The Bertz CT molecular complexity index is 1040. The lowest BCUT2D eigenvalue weighted by molar-refractivity contribution is 0.837. The van der Waals surface area contributed by atoms with E-state index in [0.717, 1.165) is 22.7 Å². The van der Waals surface area contributed by atoms with E-state index in [9.17, 15) is 4.79 Å². The Balaban J connectivity index is 2.00. The fourth-order valence-electron chi connectivity index (χ4n) is 2.28. The minimum Gasteiger partial charge on any atom is -0.336 e. The molecule has 7 heteroatoms. The number of aryl methyl sites for hydroxylation is 3. The Morgan fingerprint density at radius 2 is 2.12 bits per heavy atom. The molecule has 2 heterocycles. The predicted molar refractivity (Wildman–Crippen MR) is 98.0 cm³/mol. The Hall–Kier alpha value is -2.67. The SMILES string of the molecule is C=c1[nH]n(-c2ccc(C)c(C)c2)c(=O)/c1=C\Nc1nnc(CC)s1. The van der Waals surface area contributed by atoms with Crippen LogP contribution < -0.4 is 21.4 Å². The van der Waals surface area contributed by atoms with Gasteiger partial charge in [-0.3, -0.25) is 9.89 Å². The van der Waals surface area contributed by atoms with E-state index in [4.69, 9.17) is 0 Å². The van der Waals surface area contributed by atoms with Gasteiger partial charge in [0.05, 0.1) is 16.3 Å². The second-order valence-corrected chi connectivity index (χ2v) is 6.62. The zero-order valence-electron chi connectivity index (χ0n) is 13.9. The van der Waals surface area contributed by atoms with E-state index < -0.39 is 0 Å². The van der Waals surface area contributed by atoms with Crippen LogP contribution in [-0.2, 0) is 6.42 Å². The second kappa shape index (κ2) is 6.45. The number of hydrogen-bond acceptors (Lipinski definition) is 5. The smallest absolute Gasteiger partial charge is 0.280 e. The molecule has 0 aliphatic carbocycles. The highest BCUT2D eigenvalue weighted by molar-refractivity contribution is 7.15. The van der Waals surface area contributed by atoms with E-state index in [2.05, 4.69) is 27.2 Å². The maximum atomic E-state index is 12.7. The number of nitrogens with one attached hydrogen (secondary N) is 2. The first kappa shape index (κ1) is 16.2. The number of anilines is 1. The molecule has 24 heavy (non-hydrogen) atoms. The maximum Gasteiger partial charge on any atom is 0.280 e. The number of hydrogen-bond donors (Lipinski definition) is 2. The summed E-state index contributed by atoms with van der Waals surface area (Å²) >= 11 is 1.47. The van der Waals surface area contributed by atoms with E-state index in [0.29, 0.717) is 15.7 Å². The third kappa shape index (κ3) is 3.03. The first-order valence-corrected chi connectivity index (χ1v) is 8.48. The number of benzene rings is 1. The molecule has 0 saturated carbocycles. The van der Waals surface area contributed by atoms with E-state index in [1.807, 2.05) is 39.0 Å². The molecule has 6 nitrogen and oxygen atoms in total. The van der Waals surface area contributed by atoms with Gasteiger partial charge in [-0.05, 0) is 43.5 Å². The largest absolute Gasteiger partial charge is 0.336 e. The van der Waals surface area contributed by atoms with Crippen molar-refractivity contribution < 1.29 is 0 Å². The topological polar surface area (TPSA) is 75.6 Å². The van der Waals surface area contributed by atoms with Crippen molar-refractivity contribution in [2.45, 2.75) is 27.2 Å². The third-order valence-electron chi connectivity index (χ3n) is 3.86. The summed E-state index contributed by atoms with van der Waals surface area (Å²) in [6.07, 6.45) is 2.46. The van der Waals surface area contributed by atoms with Crippen LogP contribution in [0.15, 0.2) is 23.0 Å². The lowest BCUT2D eigenvalue weighted by Gasteiger charge is -2.04. The summed E-state index contributed by atoms with van der Waals surface area (Å²) in [6.45, 7) is 10.0. The molecule has 2 aromatic heterocycles. The van der Waals surface area contributed by atoms with Crippen LogP contribution in [0.1, 0.15) is 23.1 Å². The lowest BCUT2D eigenvalue weighted by Crippen LogP contribution is -2.34. The van der Waals surface area contributed by atoms with Crippen LogP contribution in [-0.4, -0.2) is 20.0 Å². The molecule has 3 aromatic rings. The molecule has 0 amide bonds. The standard InChI is InChI=1S/C17H19N5OS/c1-5-15-19-20-17(24-15)18-9-14-12(4)21-22(16(14)23)13-7-6-10(2)11(3)8-13/h6-9,21H,4-5H2,1-3H3,(H,18,20)/b14-9-. The predicted octanol–water partition coefficient (Wildman–Crippen LogP) is 1.46. The van der Waals surface area contributed by atoms with Gasteiger partial charge in [0.1, 0.15) is 5.01 Å². The summed E-state index contributed by atoms with van der Waals surface area (Å²) in [7, 11) is 0. The minimum atomic E-state index is -0.156. The van der Waals surface area contributed by atoms with Gasteiger partial charge < -0.3 is 5.32 Å². The van der Waals surface area contributed by atoms with E-state index in [1.165, 1.54) is 21.6 Å². The Labute approximate surface area is 143 Å². The van der Waals surface area contributed by atoms with Crippen molar-refractivity contribution in [3.05, 3.63) is 55.3 Å². The number of H-pyrrole nitrogens is 1. The van der Waals surface area contributed by atoms with Gasteiger partial charge in [0.25, 0.3) is 5.56 Å². The lowest BCUT2D eigenvalue weighted by atomic mass is 10.1. The fourth-order valence-corrected chi connectivity index (χ4v) is 2.93. The molecule has 124 valence electrons. The first-order chi connectivity index (χ1) is 11.5. The van der Waals surface area contributed by atoms with Crippen molar-refractivity contribution >= 4 is 29.2 Å². The molecule has 0 atom stereocenters. The Morgan fingerprint density at radius 1 is 1.33 bits per heavy atom. The summed E-state index contributed by atoms with van der Waals surface area (Å²) in [5.74, 6) is 0. The van der Waals surface area contributed by atoms with Gasteiger partial charge in [0, 0.05) is 6.20 Å². The molecule has 0 radical (unpaired) electrons. The summed E-state index contributed by atoms with van der Waals surface area (Å²) in [5, 5.41) is 16.7. The summed E-state index contributed by atoms with van der Waals surface area (Å²) in [4.78, 5) is 12.7. The third-order valence-corrected chi connectivity index (χ3v) is 4.86. The normalized spacial score (nSPS) is 11.9. The monoisotopic (exact) mass is 341 g/mol. The van der Waals surface area contributed by atoms with Gasteiger partial charge in [-0.2, -0.15) is 0 Å². The molecule has 0 fully saturated rings. The van der Waals surface area contributed by atoms with Crippen LogP contribution in [0.2, 0.25) is 0 Å². The molecule has 0 bridgehead atoms. The molecule has 2 N–H and O–H groups in total. The first-order valence-electron chi connectivity index (χ1n) is 7.66. The molecule has 0 aliphatic rings. The number of aromatic amines is 1. The van der Waals surface area contributed by atoms with Crippen molar-refractivity contribution in [1.82, 2.24) is 20.0 Å². The van der Waals surface area contributed by atoms with Gasteiger partial charge in [-0.15, -0.1) is 10.2 Å². The van der Waals surface area contributed by atoms with Crippen LogP contribution in [0.25, 0.3) is 18.5 Å². The Kier molecular flexibility index (Phi) is 4.35. The number of rotatable bonds is 4. The molecule has 0 aliphatic heterocycles. The average Bonchev–Trinajstić information content (AvgIpc) is 3.13. The van der Waals surface area contributed by atoms with Crippen LogP contribution >= 0.6 is 11.3 Å². The van der Waals surface area contributed by atoms with Crippen molar-refractivity contribution in [2.75, 3.05) is 5.32 Å². The zero-order valence-corrected chi connectivity index (χ0v) is 14.7. The van der Waals surface area contributed by atoms with Gasteiger partial charge in [-0.1, -0.05) is 30.9 Å². The molecule has 1 aromatic carbocycles. The summed E-state index contributed by atoms with van der Waals surface area (Å²) < 4.78 is 1.50.